The lowest BCUT2D eigenvalue weighted by atomic mass is 10.1. The smallest absolute Gasteiger partial charge is 0.192 e. The summed E-state index contributed by atoms with van der Waals surface area (Å²) in [6, 6.07) is 2.34. The van der Waals surface area contributed by atoms with E-state index in [0.29, 0.717) is 13.0 Å². The number of nitrogens with zero attached hydrogens (tertiary/aromatic N) is 1. The van der Waals surface area contributed by atoms with Gasteiger partial charge in [0.05, 0.1) is 25.1 Å². The highest BCUT2D eigenvalue weighted by molar-refractivity contribution is 6.74. The molecule has 22 heavy (non-hydrogen) atoms. The third kappa shape index (κ3) is 3.55. The fraction of sp³-hybridized carbons (Fsp3) is 0.938. The van der Waals surface area contributed by atoms with Gasteiger partial charge in [-0.25, -0.2) is 0 Å². The van der Waals surface area contributed by atoms with Gasteiger partial charge in [0.25, 0.3) is 0 Å². The second-order valence-electron chi connectivity index (χ2n) is 8.38. The number of rotatable bonds is 4. The SMILES string of the molecule is CC1(C)OC2C(CC#N)NC(CO[Si](C)(C)C(C)(C)C)C2O1. The summed E-state index contributed by atoms with van der Waals surface area (Å²) in [7, 11) is -1.79. The first-order valence-electron chi connectivity index (χ1n) is 8.09. The van der Waals surface area contributed by atoms with E-state index < -0.39 is 14.1 Å². The zero-order chi connectivity index (χ0) is 16.8. The Morgan fingerprint density at radius 1 is 1.18 bits per heavy atom. The summed E-state index contributed by atoms with van der Waals surface area (Å²) < 4.78 is 18.4. The van der Waals surface area contributed by atoms with Crippen LogP contribution in [0, 0.1) is 11.3 Å². The van der Waals surface area contributed by atoms with Crippen LogP contribution in [0.5, 0.6) is 0 Å². The van der Waals surface area contributed by atoms with Gasteiger partial charge in [-0.05, 0) is 32.0 Å². The highest BCUT2D eigenvalue weighted by Gasteiger charge is 2.54. The Labute approximate surface area is 135 Å². The van der Waals surface area contributed by atoms with Crippen molar-refractivity contribution in [3.05, 3.63) is 0 Å². The average molecular weight is 327 g/mol. The molecule has 4 unspecified atom stereocenters. The predicted molar refractivity (Wildman–Crippen MR) is 87.9 cm³/mol. The highest BCUT2D eigenvalue weighted by atomic mass is 28.4. The number of hydrogen-bond acceptors (Lipinski definition) is 5. The normalized spacial score (nSPS) is 34.5. The number of nitriles is 1. The molecule has 0 spiro atoms. The van der Waals surface area contributed by atoms with Crippen LogP contribution in [0.25, 0.3) is 0 Å². The zero-order valence-electron chi connectivity index (χ0n) is 14.9. The fourth-order valence-electron chi connectivity index (χ4n) is 2.84. The topological polar surface area (TPSA) is 63.5 Å². The lowest BCUT2D eigenvalue weighted by Crippen LogP contribution is -2.47. The fourth-order valence-corrected chi connectivity index (χ4v) is 3.86. The second kappa shape index (κ2) is 5.88. The van der Waals surface area contributed by atoms with Crippen molar-refractivity contribution in [3.63, 3.8) is 0 Å². The lowest BCUT2D eigenvalue weighted by Gasteiger charge is -2.37. The average Bonchev–Trinajstić information content (AvgIpc) is 2.81. The first-order chi connectivity index (χ1) is 9.97. The maximum Gasteiger partial charge on any atom is 0.192 e. The van der Waals surface area contributed by atoms with Gasteiger partial charge in [0.1, 0.15) is 12.2 Å². The summed E-state index contributed by atoms with van der Waals surface area (Å²) in [5, 5.41) is 12.7. The summed E-state index contributed by atoms with van der Waals surface area (Å²) >= 11 is 0. The minimum atomic E-state index is -1.79. The third-order valence-electron chi connectivity index (χ3n) is 5.13. The Kier molecular flexibility index (Phi) is 4.78. The van der Waals surface area contributed by atoms with E-state index in [-0.39, 0.29) is 29.3 Å². The van der Waals surface area contributed by atoms with Gasteiger partial charge in [-0.3, -0.25) is 0 Å². The van der Waals surface area contributed by atoms with E-state index in [0.717, 1.165) is 0 Å². The molecule has 2 aliphatic rings. The van der Waals surface area contributed by atoms with Gasteiger partial charge in [-0.15, -0.1) is 0 Å². The first kappa shape index (κ1) is 17.9. The Bertz CT molecular complexity index is 453. The van der Waals surface area contributed by atoms with E-state index in [1.54, 1.807) is 0 Å². The molecular weight excluding hydrogens is 296 g/mol. The molecule has 4 atom stereocenters. The summed E-state index contributed by atoms with van der Waals surface area (Å²) in [6.45, 7) is 15.7. The second-order valence-corrected chi connectivity index (χ2v) is 13.2. The van der Waals surface area contributed by atoms with Crippen LogP contribution in [0.15, 0.2) is 0 Å². The van der Waals surface area contributed by atoms with Crippen LogP contribution in [-0.4, -0.2) is 45.0 Å². The molecule has 5 nitrogen and oxygen atoms in total. The van der Waals surface area contributed by atoms with Crippen LogP contribution in [-0.2, 0) is 13.9 Å². The van der Waals surface area contributed by atoms with Gasteiger partial charge in [-0.2, -0.15) is 5.26 Å². The standard InChI is InChI=1S/C16H30N2O3Si/c1-15(2,3)22(6,7)19-10-12-14-13(11(18-12)8-9-17)20-16(4,5)21-14/h11-14,18H,8,10H2,1-7H3. The molecule has 1 N–H and O–H groups in total. The summed E-state index contributed by atoms with van der Waals surface area (Å²) in [6.07, 6.45) is 0.317. The van der Waals surface area contributed by atoms with Crippen molar-refractivity contribution >= 4 is 8.32 Å². The molecule has 2 heterocycles. The van der Waals surface area contributed by atoms with Crippen molar-refractivity contribution in [2.45, 2.75) is 89.3 Å². The Balaban J connectivity index is 2.04. The molecule has 2 fully saturated rings. The van der Waals surface area contributed by atoms with Crippen molar-refractivity contribution in [2.24, 2.45) is 0 Å². The molecule has 126 valence electrons. The Hall–Kier alpha value is -0.453. The van der Waals surface area contributed by atoms with E-state index in [4.69, 9.17) is 19.2 Å². The van der Waals surface area contributed by atoms with Crippen LogP contribution in [0.3, 0.4) is 0 Å². The zero-order valence-corrected chi connectivity index (χ0v) is 15.9. The van der Waals surface area contributed by atoms with E-state index in [2.05, 4.69) is 45.3 Å². The van der Waals surface area contributed by atoms with Crippen LogP contribution in [0.4, 0.5) is 0 Å². The molecule has 2 rings (SSSR count). The Morgan fingerprint density at radius 2 is 1.73 bits per heavy atom. The number of fused-ring (bicyclic) bond motifs is 1. The van der Waals surface area contributed by atoms with E-state index in [1.807, 2.05) is 13.8 Å². The largest absolute Gasteiger partial charge is 0.415 e. The Morgan fingerprint density at radius 3 is 2.23 bits per heavy atom. The number of nitrogens with one attached hydrogen (secondary N) is 1. The predicted octanol–water partition coefficient (Wildman–Crippen LogP) is 2.78. The van der Waals surface area contributed by atoms with Gasteiger partial charge in [-0.1, -0.05) is 20.8 Å². The minimum Gasteiger partial charge on any atom is -0.415 e. The van der Waals surface area contributed by atoms with E-state index >= 15 is 0 Å². The highest BCUT2D eigenvalue weighted by Crippen LogP contribution is 2.39. The molecule has 0 saturated carbocycles. The molecule has 6 heteroatoms. The molecule has 2 aliphatic heterocycles. The minimum absolute atomic E-state index is 0.0183. The van der Waals surface area contributed by atoms with Crippen LogP contribution < -0.4 is 5.32 Å². The van der Waals surface area contributed by atoms with Crippen molar-refractivity contribution < 1.29 is 13.9 Å². The van der Waals surface area contributed by atoms with Gasteiger partial charge in [0.15, 0.2) is 14.1 Å². The quantitative estimate of drug-likeness (QED) is 0.805. The number of hydrogen-bond donors (Lipinski definition) is 1. The molecule has 0 aromatic carbocycles. The lowest BCUT2D eigenvalue weighted by molar-refractivity contribution is -0.157. The van der Waals surface area contributed by atoms with E-state index in [9.17, 15) is 0 Å². The van der Waals surface area contributed by atoms with Crippen molar-refractivity contribution in [2.75, 3.05) is 6.61 Å². The first-order valence-corrected chi connectivity index (χ1v) is 11.0. The molecule has 0 radical (unpaired) electrons. The van der Waals surface area contributed by atoms with Crippen molar-refractivity contribution in [3.8, 4) is 6.07 Å². The number of ether oxygens (including phenoxy) is 2. The molecule has 0 aliphatic carbocycles. The van der Waals surface area contributed by atoms with Gasteiger partial charge in [0.2, 0.25) is 0 Å². The summed E-state index contributed by atoms with van der Waals surface area (Å²) in [4.78, 5) is 0. The van der Waals surface area contributed by atoms with Gasteiger partial charge >= 0.3 is 0 Å². The molecule has 0 amide bonds. The maximum atomic E-state index is 9.02. The van der Waals surface area contributed by atoms with Crippen LogP contribution >= 0.6 is 0 Å². The summed E-state index contributed by atoms with van der Waals surface area (Å²) in [5.41, 5.74) is 0. The maximum absolute atomic E-state index is 9.02. The van der Waals surface area contributed by atoms with Gasteiger partial charge < -0.3 is 19.2 Å². The van der Waals surface area contributed by atoms with E-state index in [1.165, 1.54) is 0 Å². The van der Waals surface area contributed by atoms with Crippen LogP contribution in [0.2, 0.25) is 18.1 Å². The van der Waals surface area contributed by atoms with Crippen molar-refractivity contribution in [1.82, 2.24) is 5.32 Å². The molecule has 0 bridgehead atoms. The molecular formula is C16H30N2O3Si. The monoisotopic (exact) mass is 326 g/mol. The molecule has 2 saturated heterocycles. The van der Waals surface area contributed by atoms with Gasteiger partial charge in [0, 0.05) is 6.04 Å². The molecule has 0 aromatic rings. The molecule has 0 aromatic heterocycles. The van der Waals surface area contributed by atoms with Crippen molar-refractivity contribution in [1.29, 1.82) is 5.26 Å². The summed E-state index contributed by atoms with van der Waals surface area (Å²) in [5.74, 6) is -0.583. The van der Waals surface area contributed by atoms with Crippen LogP contribution in [0.1, 0.15) is 41.0 Å². The third-order valence-corrected chi connectivity index (χ3v) is 9.63.